The summed E-state index contributed by atoms with van der Waals surface area (Å²) in [5.41, 5.74) is 4.08. The molecule has 0 N–H and O–H groups in total. The molecule has 0 spiro atoms. The molecule has 2 aliphatic rings. The predicted molar refractivity (Wildman–Crippen MR) is 126 cm³/mol. The Morgan fingerprint density at radius 3 is 2.39 bits per heavy atom. The monoisotopic (exact) mass is 441 g/mol. The maximum atomic E-state index is 13.1. The van der Waals surface area contributed by atoms with E-state index in [9.17, 15) is 9.59 Å². The molecule has 0 bridgehead atoms. The van der Waals surface area contributed by atoms with Crippen LogP contribution >= 0.6 is 0 Å². The summed E-state index contributed by atoms with van der Waals surface area (Å²) in [5, 5.41) is 0.0694. The minimum atomic E-state index is -2.02. The van der Waals surface area contributed by atoms with Crippen molar-refractivity contribution >= 4 is 26.3 Å². The van der Waals surface area contributed by atoms with E-state index in [0.717, 1.165) is 16.7 Å². The first-order chi connectivity index (χ1) is 14.4. The fourth-order valence-corrected chi connectivity index (χ4v) is 5.53. The van der Waals surface area contributed by atoms with E-state index in [1.807, 2.05) is 11.8 Å². The van der Waals surface area contributed by atoms with Gasteiger partial charge in [0.05, 0.1) is 25.2 Å². The molecule has 2 aliphatic heterocycles. The molecule has 2 fully saturated rings. The van der Waals surface area contributed by atoms with Crippen molar-refractivity contribution in [1.29, 1.82) is 0 Å². The number of fused-ring (bicyclic) bond motifs is 1. The standard InChI is InChI=1S/C25H35NO4Si/c1-16-9-11-18(12-10-16)13-20-19(14-21(27)29-6)15-26-23(20)22(24(26)28)17(2)30-31(7,8)25(3,4)5/h9-14,17,22-23H,15H2,1-8H3/b19-14-,20-13+/t17-,22-,23-/m1/s1. The quantitative estimate of drug-likeness (QED) is 0.287. The molecule has 0 aromatic heterocycles. The van der Waals surface area contributed by atoms with E-state index in [1.165, 1.54) is 18.7 Å². The molecular weight excluding hydrogens is 406 g/mol. The number of methoxy groups -OCH3 is 1. The summed E-state index contributed by atoms with van der Waals surface area (Å²) < 4.78 is 11.4. The smallest absolute Gasteiger partial charge is 0.330 e. The number of β-lactam (4-membered cyclic amide) rings is 1. The summed E-state index contributed by atoms with van der Waals surface area (Å²) in [7, 11) is -0.646. The SMILES string of the molecule is COC(=O)/C=C1/CN2C(=O)[C@H]([C@@H](C)O[Si](C)(C)C(C)(C)C)[C@H]2/C1=C/c1ccc(C)cc1. The second-order valence-electron chi connectivity index (χ2n) is 10.2. The summed E-state index contributed by atoms with van der Waals surface area (Å²) in [4.78, 5) is 26.9. The van der Waals surface area contributed by atoms with Crippen LogP contribution in [0.25, 0.3) is 6.08 Å². The molecule has 1 amide bonds. The molecule has 31 heavy (non-hydrogen) atoms. The maximum Gasteiger partial charge on any atom is 0.330 e. The zero-order valence-electron chi connectivity index (χ0n) is 20.0. The molecule has 3 rings (SSSR count). The summed E-state index contributed by atoms with van der Waals surface area (Å²) in [5.74, 6) is -0.546. The van der Waals surface area contributed by atoms with Crippen LogP contribution in [0, 0.1) is 12.8 Å². The molecule has 1 aromatic carbocycles. The van der Waals surface area contributed by atoms with Crippen molar-refractivity contribution in [3.63, 3.8) is 0 Å². The number of hydrogen-bond acceptors (Lipinski definition) is 4. The highest BCUT2D eigenvalue weighted by Gasteiger charge is 2.57. The molecular formula is C25H35NO4Si. The fourth-order valence-electron chi connectivity index (χ4n) is 4.10. The third kappa shape index (κ3) is 4.55. The van der Waals surface area contributed by atoms with Crippen molar-refractivity contribution < 1.29 is 18.8 Å². The number of carbonyl (C=O) groups excluding carboxylic acids is 2. The molecule has 168 valence electrons. The zero-order valence-corrected chi connectivity index (χ0v) is 21.0. The Hall–Kier alpha value is -2.18. The van der Waals surface area contributed by atoms with Gasteiger partial charge in [-0.2, -0.15) is 0 Å². The van der Waals surface area contributed by atoms with Gasteiger partial charge in [-0.15, -0.1) is 0 Å². The first-order valence-electron chi connectivity index (χ1n) is 10.9. The normalized spacial score (nSPS) is 24.9. The van der Waals surface area contributed by atoms with E-state index in [2.05, 4.69) is 71.1 Å². The van der Waals surface area contributed by atoms with Crippen LogP contribution < -0.4 is 0 Å². The van der Waals surface area contributed by atoms with Crippen molar-refractivity contribution in [3.8, 4) is 0 Å². The second kappa shape index (κ2) is 8.39. The van der Waals surface area contributed by atoms with Crippen LogP contribution in [0.5, 0.6) is 0 Å². The van der Waals surface area contributed by atoms with Crippen molar-refractivity contribution in [3.05, 3.63) is 52.6 Å². The molecule has 5 nitrogen and oxygen atoms in total. The van der Waals surface area contributed by atoms with E-state index in [1.54, 1.807) is 0 Å². The van der Waals surface area contributed by atoms with Crippen LogP contribution in [0.3, 0.4) is 0 Å². The Kier molecular flexibility index (Phi) is 6.36. The van der Waals surface area contributed by atoms with Gasteiger partial charge in [0.25, 0.3) is 0 Å². The number of aryl methyl sites for hydroxylation is 1. The number of amides is 1. The van der Waals surface area contributed by atoms with Gasteiger partial charge in [0.1, 0.15) is 0 Å². The minimum absolute atomic E-state index is 0.0694. The molecule has 2 heterocycles. The molecule has 6 heteroatoms. The van der Waals surface area contributed by atoms with Crippen LogP contribution in [0.4, 0.5) is 0 Å². The van der Waals surface area contributed by atoms with Gasteiger partial charge in [0.2, 0.25) is 5.91 Å². The fraction of sp³-hybridized carbons (Fsp3) is 0.520. The topological polar surface area (TPSA) is 55.8 Å². The lowest BCUT2D eigenvalue weighted by molar-refractivity contribution is -0.156. The van der Waals surface area contributed by atoms with E-state index in [0.29, 0.717) is 6.54 Å². The highest BCUT2D eigenvalue weighted by atomic mass is 28.4. The Labute approximate surface area is 187 Å². The lowest BCUT2D eigenvalue weighted by Crippen LogP contribution is -2.63. The third-order valence-electron chi connectivity index (χ3n) is 6.96. The van der Waals surface area contributed by atoms with Crippen molar-refractivity contribution in [2.24, 2.45) is 5.92 Å². The first kappa shape index (κ1) is 23.5. The number of carbonyl (C=O) groups is 2. The number of nitrogens with zero attached hydrogens (tertiary/aromatic N) is 1. The van der Waals surface area contributed by atoms with E-state index in [4.69, 9.17) is 9.16 Å². The number of esters is 1. The van der Waals surface area contributed by atoms with Gasteiger partial charge in [-0.05, 0) is 54.8 Å². The molecule has 0 aliphatic carbocycles. The van der Waals surface area contributed by atoms with Gasteiger partial charge >= 0.3 is 5.97 Å². The Morgan fingerprint density at radius 1 is 1.23 bits per heavy atom. The van der Waals surface area contributed by atoms with Crippen LogP contribution in [0.15, 0.2) is 41.5 Å². The maximum absolute atomic E-state index is 13.1. The van der Waals surface area contributed by atoms with E-state index < -0.39 is 14.3 Å². The Balaban J connectivity index is 1.96. The van der Waals surface area contributed by atoms with Crippen LogP contribution in [-0.2, 0) is 18.8 Å². The largest absolute Gasteiger partial charge is 0.466 e. The molecule has 3 atom stereocenters. The van der Waals surface area contributed by atoms with Crippen LogP contribution in [0.1, 0.15) is 38.8 Å². The number of hydrogen-bond donors (Lipinski definition) is 0. The van der Waals surface area contributed by atoms with E-state index >= 15 is 0 Å². The van der Waals surface area contributed by atoms with Crippen molar-refractivity contribution in [1.82, 2.24) is 4.90 Å². The first-order valence-corrected chi connectivity index (χ1v) is 13.8. The van der Waals surface area contributed by atoms with Gasteiger partial charge in [-0.25, -0.2) is 4.79 Å². The van der Waals surface area contributed by atoms with Crippen molar-refractivity contribution in [2.75, 3.05) is 13.7 Å². The van der Waals surface area contributed by atoms with Gasteiger partial charge in [-0.3, -0.25) is 4.79 Å². The van der Waals surface area contributed by atoms with Crippen molar-refractivity contribution in [2.45, 2.75) is 64.9 Å². The van der Waals surface area contributed by atoms with Crippen LogP contribution in [0.2, 0.25) is 18.1 Å². The lowest BCUT2D eigenvalue weighted by atomic mass is 9.80. The molecule has 1 aromatic rings. The summed E-state index contributed by atoms with van der Waals surface area (Å²) >= 11 is 0. The molecule has 2 saturated heterocycles. The highest BCUT2D eigenvalue weighted by molar-refractivity contribution is 6.74. The molecule has 0 saturated carbocycles. The van der Waals surface area contributed by atoms with Gasteiger partial charge in [-0.1, -0.05) is 50.6 Å². The number of benzene rings is 1. The lowest BCUT2D eigenvalue weighted by Gasteiger charge is -2.48. The average Bonchev–Trinajstić information content (AvgIpc) is 2.95. The number of ether oxygens (including phenoxy) is 1. The minimum Gasteiger partial charge on any atom is -0.466 e. The van der Waals surface area contributed by atoms with E-state index in [-0.39, 0.29) is 29.0 Å². The summed E-state index contributed by atoms with van der Waals surface area (Å²) in [6, 6.07) is 8.17. The molecule has 0 unspecified atom stereocenters. The highest BCUT2D eigenvalue weighted by Crippen LogP contribution is 2.47. The summed E-state index contributed by atoms with van der Waals surface area (Å²) in [6.07, 6.45) is 3.42. The third-order valence-corrected chi connectivity index (χ3v) is 11.5. The Bertz CT molecular complexity index is 924. The number of rotatable bonds is 5. The van der Waals surface area contributed by atoms with Crippen LogP contribution in [-0.4, -0.2) is 50.9 Å². The second-order valence-corrected chi connectivity index (χ2v) is 15.0. The molecule has 0 radical (unpaired) electrons. The predicted octanol–water partition coefficient (Wildman–Crippen LogP) is 4.73. The Morgan fingerprint density at radius 2 is 1.84 bits per heavy atom. The zero-order chi connectivity index (χ0) is 23.1. The summed E-state index contributed by atoms with van der Waals surface area (Å²) in [6.45, 7) is 15.5. The van der Waals surface area contributed by atoms with Gasteiger partial charge in [0, 0.05) is 12.6 Å². The average molecular weight is 442 g/mol. The van der Waals surface area contributed by atoms with Gasteiger partial charge < -0.3 is 14.1 Å². The van der Waals surface area contributed by atoms with Gasteiger partial charge in [0.15, 0.2) is 8.32 Å².